The predicted molar refractivity (Wildman–Crippen MR) is 73.3 cm³/mol. The van der Waals surface area contributed by atoms with Crippen molar-refractivity contribution in [2.45, 2.75) is 24.8 Å². The first-order valence-electron chi connectivity index (χ1n) is 5.93. The van der Waals surface area contributed by atoms with Crippen LogP contribution in [-0.4, -0.2) is 31.2 Å². The van der Waals surface area contributed by atoms with Gasteiger partial charge in [-0.3, -0.25) is 4.98 Å². The van der Waals surface area contributed by atoms with Crippen molar-refractivity contribution in [3.05, 3.63) is 36.0 Å². The van der Waals surface area contributed by atoms with Gasteiger partial charge in [0.15, 0.2) is 0 Å². The number of hydrogen-bond donors (Lipinski definition) is 2. The molecule has 0 spiro atoms. The maximum atomic E-state index is 12.3. The van der Waals surface area contributed by atoms with Crippen molar-refractivity contribution in [1.29, 1.82) is 0 Å². The lowest BCUT2D eigenvalue weighted by Gasteiger charge is -2.13. The number of rotatable bonds is 4. The van der Waals surface area contributed by atoms with Crippen molar-refractivity contribution in [3.8, 4) is 0 Å². The second-order valence-corrected chi connectivity index (χ2v) is 6.17. The average molecular weight is 280 g/mol. The Morgan fingerprint density at radius 1 is 1.37 bits per heavy atom. The molecule has 6 heteroatoms. The maximum absolute atomic E-state index is 12.3. The fraction of sp³-hybridized carbons (Fsp3) is 0.308. The Morgan fingerprint density at radius 2 is 2.11 bits per heavy atom. The fourth-order valence-corrected chi connectivity index (χ4v) is 3.32. The number of sulfonamides is 1. The molecule has 0 aliphatic heterocycles. The second kappa shape index (κ2) is 5.24. The maximum Gasteiger partial charge on any atom is 0.241 e. The second-order valence-electron chi connectivity index (χ2n) is 4.49. The highest BCUT2D eigenvalue weighted by Gasteiger charge is 2.20. The zero-order chi connectivity index (χ0) is 14.0. The zero-order valence-corrected chi connectivity index (χ0v) is 11.6. The van der Waals surface area contributed by atoms with Crippen LogP contribution in [0.1, 0.15) is 12.5 Å². The van der Waals surface area contributed by atoms with Crippen molar-refractivity contribution in [2.24, 2.45) is 0 Å². The molecule has 0 amide bonds. The smallest absolute Gasteiger partial charge is 0.241 e. The molecule has 0 fully saturated rings. The molecule has 19 heavy (non-hydrogen) atoms. The Morgan fingerprint density at radius 3 is 2.79 bits per heavy atom. The highest BCUT2D eigenvalue weighted by molar-refractivity contribution is 7.89. The van der Waals surface area contributed by atoms with Gasteiger partial charge in [0, 0.05) is 17.6 Å². The van der Waals surface area contributed by atoms with Crippen LogP contribution in [0, 0.1) is 6.92 Å². The lowest BCUT2D eigenvalue weighted by Crippen LogP contribution is -2.35. The van der Waals surface area contributed by atoms with Crippen LogP contribution in [0.15, 0.2) is 35.4 Å². The molecular formula is C13H16N2O3S. The van der Waals surface area contributed by atoms with E-state index in [1.54, 1.807) is 37.4 Å². The normalized spacial score (nSPS) is 13.6. The van der Waals surface area contributed by atoms with E-state index in [1.807, 2.05) is 6.92 Å². The van der Waals surface area contributed by atoms with Gasteiger partial charge >= 0.3 is 0 Å². The van der Waals surface area contributed by atoms with Crippen LogP contribution < -0.4 is 4.72 Å². The summed E-state index contributed by atoms with van der Waals surface area (Å²) in [7, 11) is -3.66. The van der Waals surface area contributed by atoms with Gasteiger partial charge in [0.25, 0.3) is 0 Å². The van der Waals surface area contributed by atoms with Crippen molar-refractivity contribution in [1.82, 2.24) is 9.71 Å². The quantitative estimate of drug-likeness (QED) is 0.882. The highest BCUT2D eigenvalue weighted by atomic mass is 32.2. The molecule has 2 aromatic rings. The first-order chi connectivity index (χ1) is 8.95. The molecule has 1 atom stereocenters. The SMILES string of the molecule is Cc1ccc(S(=O)(=O)NC(C)CO)c2cccnc12. The molecule has 1 aromatic carbocycles. The lowest BCUT2D eigenvalue weighted by atomic mass is 10.1. The van der Waals surface area contributed by atoms with E-state index in [0.717, 1.165) is 5.56 Å². The van der Waals surface area contributed by atoms with Crippen LogP contribution in [0.4, 0.5) is 0 Å². The number of aliphatic hydroxyl groups is 1. The third-order valence-electron chi connectivity index (χ3n) is 2.85. The first-order valence-corrected chi connectivity index (χ1v) is 7.41. The van der Waals surface area contributed by atoms with Gasteiger partial charge in [-0.2, -0.15) is 0 Å². The largest absolute Gasteiger partial charge is 0.395 e. The van der Waals surface area contributed by atoms with Crippen LogP contribution >= 0.6 is 0 Å². The summed E-state index contributed by atoms with van der Waals surface area (Å²) in [6, 6.07) is 6.20. The van der Waals surface area contributed by atoms with Gasteiger partial charge < -0.3 is 5.11 Å². The van der Waals surface area contributed by atoms with E-state index >= 15 is 0 Å². The molecule has 2 N–H and O–H groups in total. The molecule has 0 saturated carbocycles. The molecule has 2 rings (SSSR count). The number of benzene rings is 1. The summed E-state index contributed by atoms with van der Waals surface area (Å²) in [5, 5.41) is 9.55. The highest BCUT2D eigenvalue weighted by Crippen LogP contribution is 2.24. The number of aryl methyl sites for hydroxylation is 1. The fourth-order valence-electron chi connectivity index (χ4n) is 1.89. The summed E-state index contributed by atoms with van der Waals surface area (Å²) in [4.78, 5) is 4.39. The van der Waals surface area contributed by atoms with Crippen molar-refractivity contribution >= 4 is 20.9 Å². The summed E-state index contributed by atoms with van der Waals surface area (Å²) in [5.41, 5.74) is 1.59. The molecule has 0 aliphatic rings. The van der Waals surface area contributed by atoms with Gasteiger partial charge in [0.2, 0.25) is 10.0 Å². The van der Waals surface area contributed by atoms with E-state index in [9.17, 15) is 8.42 Å². The summed E-state index contributed by atoms with van der Waals surface area (Å²) >= 11 is 0. The first kappa shape index (κ1) is 13.9. The Balaban J connectivity index is 2.60. The topological polar surface area (TPSA) is 79.3 Å². The van der Waals surface area contributed by atoms with Crippen LogP contribution in [0.25, 0.3) is 10.9 Å². The lowest BCUT2D eigenvalue weighted by molar-refractivity contribution is 0.265. The Kier molecular flexibility index (Phi) is 3.84. The molecule has 1 unspecified atom stereocenters. The molecular weight excluding hydrogens is 264 g/mol. The van der Waals surface area contributed by atoms with E-state index in [2.05, 4.69) is 9.71 Å². The number of nitrogens with one attached hydrogen (secondary N) is 1. The van der Waals surface area contributed by atoms with Crippen molar-refractivity contribution < 1.29 is 13.5 Å². The number of aliphatic hydroxyl groups excluding tert-OH is 1. The van der Waals surface area contributed by atoms with E-state index in [-0.39, 0.29) is 11.5 Å². The minimum Gasteiger partial charge on any atom is -0.395 e. The predicted octanol–water partition coefficient (Wildman–Crippen LogP) is 1.20. The molecule has 0 aliphatic carbocycles. The third-order valence-corrected chi connectivity index (χ3v) is 4.50. The molecule has 1 heterocycles. The summed E-state index contributed by atoms with van der Waals surface area (Å²) < 4.78 is 27.0. The molecule has 102 valence electrons. The van der Waals surface area contributed by atoms with Gasteiger partial charge in [0.1, 0.15) is 0 Å². The molecule has 1 aromatic heterocycles. The zero-order valence-electron chi connectivity index (χ0n) is 10.8. The van der Waals surface area contributed by atoms with E-state index in [4.69, 9.17) is 5.11 Å². The van der Waals surface area contributed by atoms with Gasteiger partial charge in [-0.25, -0.2) is 13.1 Å². The van der Waals surface area contributed by atoms with Gasteiger partial charge in [-0.15, -0.1) is 0 Å². The summed E-state index contributed by atoms with van der Waals surface area (Å²) in [6.07, 6.45) is 1.63. The van der Waals surface area contributed by atoms with E-state index < -0.39 is 16.1 Å². The Hall–Kier alpha value is -1.50. The van der Waals surface area contributed by atoms with Crippen LogP contribution in [-0.2, 0) is 10.0 Å². The van der Waals surface area contributed by atoms with E-state index in [1.165, 1.54) is 0 Å². The monoisotopic (exact) mass is 280 g/mol. The molecule has 0 saturated heterocycles. The standard InChI is InChI=1S/C13H16N2O3S/c1-9-5-6-12(11-4-3-7-14-13(9)11)19(17,18)15-10(2)8-16/h3-7,10,15-16H,8H2,1-2H3. The number of aromatic nitrogens is 1. The number of pyridine rings is 1. The van der Waals surface area contributed by atoms with Gasteiger partial charge in [-0.05, 0) is 37.6 Å². The minimum absolute atomic E-state index is 0.182. The van der Waals surface area contributed by atoms with Crippen LogP contribution in [0.3, 0.4) is 0 Å². The number of fused-ring (bicyclic) bond motifs is 1. The van der Waals surface area contributed by atoms with Crippen LogP contribution in [0.5, 0.6) is 0 Å². The van der Waals surface area contributed by atoms with Crippen molar-refractivity contribution in [2.75, 3.05) is 6.61 Å². The molecule has 0 radical (unpaired) electrons. The summed E-state index contributed by atoms with van der Waals surface area (Å²) in [6.45, 7) is 3.24. The van der Waals surface area contributed by atoms with E-state index in [0.29, 0.717) is 10.9 Å². The number of hydrogen-bond acceptors (Lipinski definition) is 4. The minimum atomic E-state index is -3.66. The molecule has 0 bridgehead atoms. The Bertz CT molecular complexity index is 698. The van der Waals surface area contributed by atoms with Gasteiger partial charge in [-0.1, -0.05) is 6.07 Å². The van der Waals surface area contributed by atoms with Crippen molar-refractivity contribution in [3.63, 3.8) is 0 Å². The summed E-state index contributed by atoms with van der Waals surface area (Å²) in [5.74, 6) is 0. The molecule has 5 nitrogen and oxygen atoms in total. The van der Waals surface area contributed by atoms with Gasteiger partial charge in [0.05, 0.1) is 17.0 Å². The van der Waals surface area contributed by atoms with Crippen LogP contribution in [0.2, 0.25) is 0 Å². The number of nitrogens with zero attached hydrogens (tertiary/aromatic N) is 1. The average Bonchev–Trinajstić information content (AvgIpc) is 2.38. The Labute approximate surface area is 112 Å². The third kappa shape index (κ3) is 2.75.